The number of hydrogen-bond acceptors (Lipinski definition) is 6. The number of anilines is 1. The Kier molecular flexibility index (Phi) is 5.45. The number of carbonyl (C=O) groups excluding carboxylic acids is 1. The van der Waals surface area contributed by atoms with Crippen LogP contribution in [-0.4, -0.2) is 44.9 Å². The summed E-state index contributed by atoms with van der Waals surface area (Å²) in [7, 11) is 0. The standard InChI is InChI=1S/C18H26N2O4/c1-2-22-18(21)6-3-13-9-14(19)12-20(11-13)15-4-5-16-17(10-15)24-8-7-23-16/h4-5,10,13-14H,2-3,6-9,11-12,19H2,1H3. The second kappa shape index (κ2) is 7.75. The summed E-state index contributed by atoms with van der Waals surface area (Å²) in [5, 5.41) is 0. The van der Waals surface area contributed by atoms with Gasteiger partial charge >= 0.3 is 5.97 Å². The van der Waals surface area contributed by atoms with E-state index < -0.39 is 0 Å². The van der Waals surface area contributed by atoms with Crippen LogP contribution in [0, 0.1) is 5.92 Å². The van der Waals surface area contributed by atoms with Crippen molar-refractivity contribution in [1.82, 2.24) is 0 Å². The van der Waals surface area contributed by atoms with Gasteiger partial charge in [-0.1, -0.05) is 0 Å². The van der Waals surface area contributed by atoms with E-state index in [4.69, 9.17) is 19.9 Å². The van der Waals surface area contributed by atoms with Crippen LogP contribution in [0.3, 0.4) is 0 Å². The van der Waals surface area contributed by atoms with E-state index in [0.29, 0.717) is 32.2 Å². The van der Waals surface area contributed by atoms with Crippen LogP contribution >= 0.6 is 0 Å². The SMILES string of the molecule is CCOC(=O)CCC1CC(N)CN(c2ccc3c(c2)OCCO3)C1. The Bertz CT molecular complexity index is 578. The predicted octanol–water partition coefficient (Wildman–Crippen LogP) is 1.95. The molecule has 2 N–H and O–H groups in total. The van der Waals surface area contributed by atoms with E-state index in [-0.39, 0.29) is 12.0 Å². The number of esters is 1. The van der Waals surface area contributed by atoms with Crippen molar-refractivity contribution in [3.05, 3.63) is 18.2 Å². The summed E-state index contributed by atoms with van der Waals surface area (Å²) in [5.74, 6) is 1.86. The number of ether oxygens (including phenoxy) is 3. The van der Waals surface area contributed by atoms with Crippen molar-refractivity contribution in [3.8, 4) is 11.5 Å². The van der Waals surface area contributed by atoms with E-state index in [1.54, 1.807) is 0 Å². The number of benzene rings is 1. The number of nitrogens with two attached hydrogens (primary N) is 1. The maximum absolute atomic E-state index is 11.6. The number of rotatable bonds is 5. The minimum absolute atomic E-state index is 0.110. The minimum Gasteiger partial charge on any atom is -0.486 e. The molecule has 0 saturated carbocycles. The first-order valence-corrected chi connectivity index (χ1v) is 8.71. The van der Waals surface area contributed by atoms with E-state index in [1.807, 2.05) is 25.1 Å². The van der Waals surface area contributed by atoms with Crippen molar-refractivity contribution in [1.29, 1.82) is 0 Å². The van der Waals surface area contributed by atoms with Gasteiger partial charge in [0.05, 0.1) is 6.61 Å². The molecule has 1 aromatic rings. The largest absolute Gasteiger partial charge is 0.486 e. The third-order valence-electron chi connectivity index (χ3n) is 4.52. The van der Waals surface area contributed by atoms with Gasteiger partial charge in [0.2, 0.25) is 0 Å². The molecule has 1 fully saturated rings. The second-order valence-corrected chi connectivity index (χ2v) is 6.44. The van der Waals surface area contributed by atoms with E-state index in [0.717, 1.165) is 43.1 Å². The molecule has 2 heterocycles. The van der Waals surface area contributed by atoms with Gasteiger partial charge in [-0.3, -0.25) is 4.79 Å². The average Bonchev–Trinajstić information content (AvgIpc) is 2.59. The first-order valence-electron chi connectivity index (χ1n) is 8.71. The summed E-state index contributed by atoms with van der Waals surface area (Å²) in [6.07, 6.45) is 2.22. The van der Waals surface area contributed by atoms with Crippen LogP contribution in [0.4, 0.5) is 5.69 Å². The zero-order valence-corrected chi connectivity index (χ0v) is 14.2. The van der Waals surface area contributed by atoms with Gasteiger partial charge in [-0.05, 0) is 37.8 Å². The van der Waals surface area contributed by atoms with E-state index in [1.165, 1.54) is 0 Å². The van der Waals surface area contributed by atoms with Gasteiger partial charge in [-0.15, -0.1) is 0 Å². The maximum atomic E-state index is 11.6. The number of carbonyl (C=O) groups is 1. The summed E-state index contributed by atoms with van der Waals surface area (Å²) in [6, 6.07) is 6.14. The fraction of sp³-hybridized carbons (Fsp3) is 0.611. The highest BCUT2D eigenvalue weighted by molar-refractivity contribution is 5.69. The Morgan fingerprint density at radius 2 is 2.08 bits per heavy atom. The van der Waals surface area contributed by atoms with Crippen molar-refractivity contribution in [2.24, 2.45) is 11.7 Å². The Balaban J connectivity index is 1.63. The molecule has 2 aliphatic heterocycles. The van der Waals surface area contributed by atoms with E-state index in [9.17, 15) is 4.79 Å². The van der Waals surface area contributed by atoms with Crippen LogP contribution in [0.2, 0.25) is 0 Å². The number of fused-ring (bicyclic) bond motifs is 1. The monoisotopic (exact) mass is 334 g/mol. The first kappa shape index (κ1) is 16.9. The maximum Gasteiger partial charge on any atom is 0.305 e. The zero-order valence-electron chi connectivity index (χ0n) is 14.2. The number of piperidine rings is 1. The van der Waals surface area contributed by atoms with Gasteiger partial charge in [0.1, 0.15) is 13.2 Å². The number of nitrogens with zero attached hydrogens (tertiary/aromatic N) is 1. The lowest BCUT2D eigenvalue weighted by Crippen LogP contribution is -2.47. The minimum atomic E-state index is -0.123. The lowest BCUT2D eigenvalue weighted by atomic mass is 9.90. The van der Waals surface area contributed by atoms with Gasteiger partial charge in [0, 0.05) is 37.3 Å². The third-order valence-corrected chi connectivity index (χ3v) is 4.52. The predicted molar refractivity (Wildman–Crippen MR) is 91.6 cm³/mol. The van der Waals surface area contributed by atoms with Crippen LogP contribution in [-0.2, 0) is 9.53 Å². The van der Waals surface area contributed by atoms with Crippen LogP contribution in [0.1, 0.15) is 26.2 Å². The molecule has 3 rings (SSSR count). The van der Waals surface area contributed by atoms with Gasteiger partial charge in [-0.25, -0.2) is 0 Å². The highest BCUT2D eigenvalue weighted by Crippen LogP contribution is 2.35. The molecule has 0 aromatic heterocycles. The second-order valence-electron chi connectivity index (χ2n) is 6.44. The summed E-state index contributed by atoms with van der Waals surface area (Å²) < 4.78 is 16.3. The van der Waals surface area contributed by atoms with Crippen LogP contribution in [0.5, 0.6) is 11.5 Å². The van der Waals surface area contributed by atoms with Crippen molar-refractivity contribution < 1.29 is 19.0 Å². The van der Waals surface area contributed by atoms with E-state index >= 15 is 0 Å². The summed E-state index contributed by atoms with van der Waals surface area (Å²) in [5.41, 5.74) is 7.34. The Labute approximate surface area is 142 Å². The van der Waals surface area contributed by atoms with Gasteiger partial charge in [0.25, 0.3) is 0 Å². The first-order chi connectivity index (χ1) is 11.7. The van der Waals surface area contributed by atoms with Crippen LogP contribution in [0.25, 0.3) is 0 Å². The van der Waals surface area contributed by atoms with Crippen LogP contribution < -0.4 is 20.1 Å². The molecular formula is C18H26N2O4. The van der Waals surface area contributed by atoms with Gasteiger partial charge in [0.15, 0.2) is 11.5 Å². The topological polar surface area (TPSA) is 74.0 Å². The highest BCUT2D eigenvalue weighted by atomic mass is 16.6. The summed E-state index contributed by atoms with van der Waals surface area (Å²) >= 11 is 0. The molecule has 1 aromatic carbocycles. The molecular weight excluding hydrogens is 308 g/mol. The molecule has 24 heavy (non-hydrogen) atoms. The zero-order chi connectivity index (χ0) is 16.9. The molecule has 2 atom stereocenters. The van der Waals surface area contributed by atoms with Gasteiger partial charge in [-0.2, -0.15) is 0 Å². The fourth-order valence-electron chi connectivity index (χ4n) is 3.45. The molecule has 0 amide bonds. The molecule has 0 radical (unpaired) electrons. The molecule has 2 aliphatic rings. The Hall–Kier alpha value is -1.95. The molecule has 0 bridgehead atoms. The van der Waals surface area contributed by atoms with Gasteiger partial charge < -0.3 is 24.8 Å². The Morgan fingerprint density at radius 3 is 2.88 bits per heavy atom. The number of hydrogen-bond donors (Lipinski definition) is 1. The van der Waals surface area contributed by atoms with Crippen molar-refractivity contribution in [2.45, 2.75) is 32.2 Å². The average molecular weight is 334 g/mol. The molecule has 1 saturated heterocycles. The third kappa shape index (κ3) is 4.12. The molecule has 0 spiro atoms. The Morgan fingerprint density at radius 1 is 1.29 bits per heavy atom. The lowest BCUT2D eigenvalue weighted by molar-refractivity contribution is -0.143. The van der Waals surface area contributed by atoms with E-state index in [2.05, 4.69) is 4.90 Å². The quantitative estimate of drug-likeness (QED) is 0.830. The highest BCUT2D eigenvalue weighted by Gasteiger charge is 2.26. The molecule has 0 aliphatic carbocycles. The van der Waals surface area contributed by atoms with Crippen molar-refractivity contribution in [3.63, 3.8) is 0 Å². The van der Waals surface area contributed by atoms with Crippen molar-refractivity contribution in [2.75, 3.05) is 37.8 Å². The van der Waals surface area contributed by atoms with Crippen molar-refractivity contribution >= 4 is 11.7 Å². The molecule has 6 heteroatoms. The lowest BCUT2D eigenvalue weighted by Gasteiger charge is -2.38. The molecule has 132 valence electrons. The normalized spacial score (nSPS) is 23.0. The molecule has 2 unspecified atom stereocenters. The summed E-state index contributed by atoms with van der Waals surface area (Å²) in [4.78, 5) is 13.9. The fourth-order valence-corrected chi connectivity index (χ4v) is 3.45. The van der Waals surface area contributed by atoms with Crippen LogP contribution in [0.15, 0.2) is 18.2 Å². The molecule has 6 nitrogen and oxygen atoms in total. The summed E-state index contributed by atoms with van der Waals surface area (Å²) in [6.45, 7) is 5.15. The smallest absolute Gasteiger partial charge is 0.305 e.